The van der Waals surface area contributed by atoms with Crippen LogP contribution in [0.15, 0.2) is 66.2 Å². The monoisotopic (exact) mass is 298 g/mol. The summed E-state index contributed by atoms with van der Waals surface area (Å²) < 4.78 is 0. The first-order chi connectivity index (χ1) is 10.2. The lowest BCUT2D eigenvalue weighted by Gasteiger charge is -2.03. The molecule has 0 atom stereocenters. The Morgan fingerprint density at radius 2 is 1.52 bits per heavy atom. The number of carbonyl (C=O) groups is 2. The molecule has 0 heterocycles. The molecule has 0 aliphatic carbocycles. The van der Waals surface area contributed by atoms with Crippen molar-refractivity contribution >= 4 is 28.9 Å². The fraction of sp³-hybridized carbons (Fsp3) is 0.0588. The van der Waals surface area contributed by atoms with Crippen LogP contribution in [0, 0.1) is 0 Å². The molecule has 0 saturated carbocycles. The van der Waals surface area contributed by atoms with Crippen LogP contribution in [0.25, 0.3) is 6.08 Å². The first-order valence-corrected chi connectivity index (χ1v) is 7.36. The Kier molecular flexibility index (Phi) is 5.35. The molecule has 0 saturated heterocycles. The van der Waals surface area contributed by atoms with E-state index in [-0.39, 0.29) is 16.4 Å². The lowest BCUT2D eigenvalue weighted by Crippen LogP contribution is -2.05. The Bertz CT molecular complexity index is 648. The minimum Gasteiger partial charge on any atom is -0.478 e. The van der Waals surface area contributed by atoms with E-state index in [4.69, 9.17) is 0 Å². The van der Waals surface area contributed by atoms with Gasteiger partial charge in [0.25, 0.3) is 0 Å². The maximum atomic E-state index is 12.0. The summed E-state index contributed by atoms with van der Waals surface area (Å²) >= 11 is 0.997. The van der Waals surface area contributed by atoms with Gasteiger partial charge in [-0.1, -0.05) is 72.4 Å². The van der Waals surface area contributed by atoms with E-state index < -0.39 is 5.97 Å². The van der Waals surface area contributed by atoms with Crippen LogP contribution in [0.3, 0.4) is 0 Å². The van der Waals surface area contributed by atoms with Gasteiger partial charge in [0.05, 0.1) is 0 Å². The van der Waals surface area contributed by atoms with E-state index in [9.17, 15) is 14.7 Å². The van der Waals surface area contributed by atoms with Crippen LogP contribution in [-0.4, -0.2) is 21.9 Å². The van der Waals surface area contributed by atoms with Crippen LogP contribution >= 0.6 is 11.8 Å². The molecule has 4 heteroatoms. The third-order valence-corrected chi connectivity index (χ3v) is 3.74. The normalized spacial score (nSPS) is 11.1. The summed E-state index contributed by atoms with van der Waals surface area (Å²) in [6.07, 6.45) is 1.59. The van der Waals surface area contributed by atoms with Gasteiger partial charge in [0.15, 0.2) is 0 Å². The Labute approximate surface area is 127 Å². The van der Waals surface area contributed by atoms with E-state index in [1.807, 2.05) is 36.4 Å². The number of benzene rings is 2. The Morgan fingerprint density at radius 3 is 2.10 bits per heavy atom. The second kappa shape index (κ2) is 7.45. The van der Waals surface area contributed by atoms with Gasteiger partial charge < -0.3 is 5.11 Å². The number of aliphatic carboxylic acids is 1. The maximum Gasteiger partial charge on any atom is 0.332 e. The molecule has 0 spiro atoms. The van der Waals surface area contributed by atoms with Gasteiger partial charge in [-0.2, -0.15) is 0 Å². The molecule has 21 heavy (non-hydrogen) atoms. The highest BCUT2D eigenvalue weighted by atomic mass is 32.2. The highest BCUT2D eigenvalue weighted by molar-refractivity contribution is 8.14. The minimum absolute atomic E-state index is 0.129. The molecular formula is C17H14O3S. The number of hydrogen-bond donors (Lipinski definition) is 1. The van der Waals surface area contributed by atoms with Crippen molar-refractivity contribution in [2.75, 3.05) is 5.75 Å². The standard InChI is InChI=1S/C17H14O3S/c18-16(19)15(11-13-7-3-1-4-8-13)12-21-17(20)14-9-5-2-6-10-14/h1-11H,12H2,(H,18,19). The Balaban J connectivity index is 2.06. The molecule has 0 bridgehead atoms. The second-order valence-electron chi connectivity index (χ2n) is 4.33. The second-order valence-corrected chi connectivity index (χ2v) is 5.28. The van der Waals surface area contributed by atoms with Crippen LogP contribution in [0.2, 0.25) is 0 Å². The van der Waals surface area contributed by atoms with Gasteiger partial charge in [0, 0.05) is 16.9 Å². The average Bonchev–Trinajstić information content (AvgIpc) is 2.52. The number of thioether (sulfide) groups is 1. The number of hydrogen-bond acceptors (Lipinski definition) is 3. The number of carbonyl (C=O) groups excluding carboxylic acids is 1. The van der Waals surface area contributed by atoms with Crippen molar-refractivity contribution in [2.24, 2.45) is 0 Å². The summed E-state index contributed by atoms with van der Waals surface area (Å²) in [4.78, 5) is 23.2. The van der Waals surface area contributed by atoms with Crippen molar-refractivity contribution < 1.29 is 14.7 Å². The zero-order chi connectivity index (χ0) is 15.1. The first-order valence-electron chi connectivity index (χ1n) is 6.38. The highest BCUT2D eigenvalue weighted by Gasteiger charge is 2.12. The van der Waals surface area contributed by atoms with E-state index in [0.717, 1.165) is 17.3 Å². The lowest BCUT2D eigenvalue weighted by atomic mass is 10.1. The molecule has 0 aliphatic heterocycles. The predicted molar refractivity (Wildman–Crippen MR) is 85.3 cm³/mol. The Hall–Kier alpha value is -2.33. The van der Waals surface area contributed by atoms with Gasteiger partial charge in [-0.25, -0.2) is 4.79 Å². The molecule has 0 radical (unpaired) electrons. The molecule has 2 aromatic carbocycles. The minimum atomic E-state index is -1.01. The summed E-state index contributed by atoms with van der Waals surface area (Å²) in [5, 5.41) is 9.10. The summed E-state index contributed by atoms with van der Waals surface area (Å²) in [5.74, 6) is -0.870. The van der Waals surface area contributed by atoms with Crippen LogP contribution in [-0.2, 0) is 4.79 Å². The molecule has 2 rings (SSSR count). The van der Waals surface area contributed by atoms with E-state index in [1.54, 1.807) is 30.3 Å². The van der Waals surface area contributed by atoms with Gasteiger partial charge in [0.2, 0.25) is 5.12 Å². The van der Waals surface area contributed by atoms with E-state index >= 15 is 0 Å². The predicted octanol–water partition coefficient (Wildman–Crippen LogP) is 3.73. The molecular weight excluding hydrogens is 284 g/mol. The van der Waals surface area contributed by atoms with Crippen LogP contribution in [0.4, 0.5) is 0 Å². The topological polar surface area (TPSA) is 54.4 Å². The van der Waals surface area contributed by atoms with Crippen molar-refractivity contribution in [3.63, 3.8) is 0 Å². The highest BCUT2D eigenvalue weighted by Crippen LogP contribution is 2.17. The molecule has 106 valence electrons. The quantitative estimate of drug-likeness (QED) is 0.855. The van der Waals surface area contributed by atoms with Crippen molar-refractivity contribution in [1.82, 2.24) is 0 Å². The van der Waals surface area contributed by atoms with Gasteiger partial charge in [-0.3, -0.25) is 4.79 Å². The van der Waals surface area contributed by atoms with E-state index in [2.05, 4.69) is 0 Å². The molecule has 0 aliphatic rings. The maximum absolute atomic E-state index is 12.0. The number of carboxylic acid groups (broad SMARTS) is 1. The van der Waals surface area contributed by atoms with Gasteiger partial charge >= 0.3 is 5.97 Å². The van der Waals surface area contributed by atoms with Crippen LogP contribution < -0.4 is 0 Å². The van der Waals surface area contributed by atoms with Crippen molar-refractivity contribution in [3.8, 4) is 0 Å². The first kappa shape index (κ1) is 15.1. The smallest absolute Gasteiger partial charge is 0.332 e. The molecule has 0 amide bonds. The Morgan fingerprint density at radius 1 is 0.952 bits per heavy atom. The lowest BCUT2D eigenvalue weighted by molar-refractivity contribution is -0.132. The van der Waals surface area contributed by atoms with Gasteiger partial charge in [-0.15, -0.1) is 0 Å². The molecule has 0 unspecified atom stereocenters. The number of carboxylic acids is 1. The van der Waals surface area contributed by atoms with Crippen LogP contribution in [0.5, 0.6) is 0 Å². The summed E-state index contributed by atoms with van der Waals surface area (Å²) in [7, 11) is 0. The summed E-state index contributed by atoms with van der Waals surface area (Å²) in [6, 6.07) is 18.0. The van der Waals surface area contributed by atoms with Crippen molar-refractivity contribution in [3.05, 3.63) is 77.4 Å². The molecule has 1 N–H and O–H groups in total. The van der Waals surface area contributed by atoms with Crippen molar-refractivity contribution in [1.29, 1.82) is 0 Å². The van der Waals surface area contributed by atoms with E-state index in [1.165, 1.54) is 0 Å². The zero-order valence-electron chi connectivity index (χ0n) is 11.2. The average molecular weight is 298 g/mol. The van der Waals surface area contributed by atoms with E-state index in [0.29, 0.717) is 5.56 Å². The summed E-state index contributed by atoms with van der Waals surface area (Å²) in [6.45, 7) is 0. The largest absolute Gasteiger partial charge is 0.478 e. The van der Waals surface area contributed by atoms with Crippen LogP contribution in [0.1, 0.15) is 15.9 Å². The fourth-order valence-electron chi connectivity index (χ4n) is 1.72. The molecule has 0 aromatic heterocycles. The molecule has 2 aromatic rings. The SMILES string of the molecule is O=C(O)C(=Cc1ccccc1)CSC(=O)c1ccccc1. The third-order valence-electron chi connectivity index (χ3n) is 2.78. The molecule has 3 nitrogen and oxygen atoms in total. The van der Waals surface area contributed by atoms with Gasteiger partial charge in [-0.05, 0) is 11.6 Å². The van der Waals surface area contributed by atoms with Gasteiger partial charge in [0.1, 0.15) is 0 Å². The van der Waals surface area contributed by atoms with Crippen molar-refractivity contribution in [2.45, 2.75) is 0 Å². The summed E-state index contributed by atoms with van der Waals surface area (Å²) in [5.41, 5.74) is 1.59. The zero-order valence-corrected chi connectivity index (χ0v) is 12.0. The number of rotatable bonds is 5. The third kappa shape index (κ3) is 4.61. The molecule has 0 fully saturated rings. The fourth-order valence-corrected chi connectivity index (χ4v) is 2.51.